The van der Waals surface area contributed by atoms with Crippen LogP contribution in [0.3, 0.4) is 0 Å². The molecule has 0 aliphatic heterocycles. The van der Waals surface area contributed by atoms with Gasteiger partial charge in [-0.15, -0.1) is 0 Å². The summed E-state index contributed by atoms with van der Waals surface area (Å²) in [6.07, 6.45) is -0.378. The number of aliphatic hydroxyl groups is 1. The fourth-order valence-corrected chi connectivity index (χ4v) is 3.88. The summed E-state index contributed by atoms with van der Waals surface area (Å²) in [6, 6.07) is 5.92. The van der Waals surface area contributed by atoms with Crippen LogP contribution in [0.1, 0.15) is 5.56 Å². The van der Waals surface area contributed by atoms with E-state index in [1.807, 2.05) is 0 Å². The van der Waals surface area contributed by atoms with Gasteiger partial charge in [-0.05, 0) is 12.0 Å². The summed E-state index contributed by atoms with van der Waals surface area (Å²) in [5.74, 6) is 0. The zero-order valence-electron chi connectivity index (χ0n) is 13.6. The molecule has 1 aromatic carbocycles. The minimum absolute atomic E-state index is 0. The van der Waals surface area contributed by atoms with Crippen LogP contribution in [0.15, 0.2) is 30.3 Å². The Morgan fingerprint density at radius 1 is 1.04 bits per heavy atom. The van der Waals surface area contributed by atoms with E-state index in [1.54, 1.807) is 18.2 Å². The second-order valence-corrected chi connectivity index (χ2v) is 7.82. The predicted molar refractivity (Wildman–Crippen MR) is 74.2 cm³/mol. The average molecular weight is 401 g/mol. The molecule has 0 aliphatic rings. The van der Waals surface area contributed by atoms with Crippen molar-refractivity contribution in [3.8, 4) is 0 Å². The summed E-state index contributed by atoms with van der Waals surface area (Å²) in [7, 11) is -11.7. The minimum Gasteiger partial charge on any atom is -0.776 e. The maximum Gasteiger partial charge on any atom is 1.00 e. The van der Waals surface area contributed by atoms with Gasteiger partial charge in [0.2, 0.25) is 5.08 Å². The first-order valence-electron chi connectivity index (χ1n) is 5.10. The van der Waals surface area contributed by atoms with E-state index in [0.29, 0.717) is 5.56 Å². The van der Waals surface area contributed by atoms with Crippen molar-refractivity contribution in [2.24, 2.45) is 5.73 Å². The molecular weight excluding hydrogens is 388 g/mol. The molecule has 0 aliphatic carbocycles. The molecule has 2 radical (unpaired) electrons. The Morgan fingerprint density at radius 2 is 1.39 bits per heavy atom. The molecule has 0 aromatic heterocycles. The van der Waals surface area contributed by atoms with Crippen LogP contribution in [0, 0.1) is 0 Å². The van der Waals surface area contributed by atoms with E-state index in [9.17, 15) is 24.0 Å². The number of hydrogen-bond acceptors (Lipinski definition) is 6. The van der Waals surface area contributed by atoms with E-state index >= 15 is 0 Å². The molecule has 110 valence electrons. The molecule has 1 rings (SSSR count). The molecule has 0 amide bonds. The summed E-state index contributed by atoms with van der Waals surface area (Å²) < 4.78 is 22.1. The fourth-order valence-electron chi connectivity index (χ4n) is 1.58. The minimum atomic E-state index is -5.85. The first-order valence-corrected chi connectivity index (χ1v) is 8.25. The predicted octanol–water partition coefficient (Wildman–Crippen LogP) is -8.46. The fraction of sp³-hybridized carbons (Fsp3) is 0.333. The molecule has 0 heterocycles. The van der Waals surface area contributed by atoms with Crippen LogP contribution in [0.4, 0.5) is 0 Å². The Balaban J connectivity index is -0.000000451. The molecule has 23 heavy (non-hydrogen) atoms. The van der Waals surface area contributed by atoms with Gasteiger partial charge in [-0.25, -0.2) is 0 Å². The van der Waals surface area contributed by atoms with E-state index in [0.717, 1.165) is 0 Å². The molecule has 0 saturated heterocycles. The summed E-state index contributed by atoms with van der Waals surface area (Å²) in [5.41, 5.74) is 5.77. The van der Waals surface area contributed by atoms with Crippen LogP contribution in [0.5, 0.6) is 0 Å². The standard InChI is InChI=1S/C9H15NO7P2.4Na/c10-8(6-7-4-2-1-3-5-7)9(11,18(12,13)14)19(15,16)17;;;;/h1-5,8,11H,6,10H2,(H2,12,13,14)(H2,15,16,17);;;;/q;;;2*+1/p-2/t8-;;;;/m0..../s1. The van der Waals surface area contributed by atoms with Gasteiger partial charge in [0.1, 0.15) is 0 Å². The van der Waals surface area contributed by atoms with Crippen LogP contribution >= 0.6 is 15.2 Å². The SMILES string of the molecule is N[C@@H](Cc1ccccc1)C(O)(P(=O)([O-])O)P(=O)([O-])O.[Na+].[Na+].[Na].[Na]. The molecule has 0 fully saturated rings. The van der Waals surface area contributed by atoms with E-state index in [4.69, 9.17) is 15.5 Å². The van der Waals surface area contributed by atoms with Crippen LogP contribution < -0.4 is 74.6 Å². The number of benzene rings is 1. The Labute approximate surface area is 222 Å². The zero-order chi connectivity index (χ0) is 14.9. The normalized spacial score (nSPS) is 18.9. The van der Waals surface area contributed by atoms with E-state index < -0.39 is 26.3 Å². The van der Waals surface area contributed by atoms with Crippen molar-refractivity contribution in [2.45, 2.75) is 17.5 Å². The average Bonchev–Trinajstić information content (AvgIpc) is 2.26. The molecule has 8 nitrogen and oxygen atoms in total. The van der Waals surface area contributed by atoms with Crippen molar-refractivity contribution in [2.75, 3.05) is 0 Å². The van der Waals surface area contributed by atoms with Gasteiger partial charge in [0.25, 0.3) is 0 Å². The van der Waals surface area contributed by atoms with Crippen molar-refractivity contribution in [3.63, 3.8) is 0 Å². The van der Waals surface area contributed by atoms with Crippen molar-refractivity contribution >= 4 is 74.3 Å². The zero-order valence-corrected chi connectivity index (χ0v) is 23.4. The maximum atomic E-state index is 11.1. The largest absolute Gasteiger partial charge is 1.00 e. The smallest absolute Gasteiger partial charge is 0.776 e. The summed E-state index contributed by atoms with van der Waals surface area (Å²) in [6.45, 7) is 0. The van der Waals surface area contributed by atoms with Gasteiger partial charge in [-0.3, -0.25) is 0 Å². The van der Waals surface area contributed by atoms with E-state index in [1.165, 1.54) is 12.1 Å². The van der Waals surface area contributed by atoms with Crippen LogP contribution in [0.2, 0.25) is 0 Å². The molecular formula is C9H13NNa4O7P2. The topological polar surface area (TPSA) is 167 Å². The first-order chi connectivity index (χ1) is 8.50. The summed E-state index contributed by atoms with van der Waals surface area (Å²) in [5, 5.41) is 5.81. The van der Waals surface area contributed by atoms with Crippen molar-refractivity contribution in [1.82, 2.24) is 0 Å². The monoisotopic (exact) mass is 401 g/mol. The van der Waals surface area contributed by atoms with Crippen molar-refractivity contribution in [1.29, 1.82) is 0 Å². The third-order valence-corrected chi connectivity index (χ3v) is 6.47. The van der Waals surface area contributed by atoms with Crippen LogP contribution in [-0.2, 0) is 15.6 Å². The molecule has 0 bridgehead atoms. The Hall–Kier alpha value is 3.44. The Kier molecular flexibility index (Phi) is 20.1. The van der Waals surface area contributed by atoms with Crippen LogP contribution in [0.25, 0.3) is 0 Å². The summed E-state index contributed by atoms with van der Waals surface area (Å²) in [4.78, 5) is 39.8. The molecule has 14 heteroatoms. The van der Waals surface area contributed by atoms with Gasteiger partial charge in [-0.1, -0.05) is 30.3 Å². The second-order valence-electron chi connectivity index (χ2n) is 4.02. The molecule has 5 N–H and O–H groups in total. The molecule has 3 atom stereocenters. The third kappa shape index (κ3) is 8.99. The van der Waals surface area contributed by atoms with Crippen molar-refractivity contribution < 1.29 is 92.9 Å². The van der Waals surface area contributed by atoms with Gasteiger partial charge in [0.15, 0.2) is 15.2 Å². The van der Waals surface area contributed by atoms with Gasteiger partial charge in [0.05, 0.1) is 6.04 Å². The number of rotatable bonds is 5. The number of nitrogens with two attached hydrogens (primary N) is 1. The van der Waals surface area contributed by atoms with E-state index in [-0.39, 0.29) is 125 Å². The quantitative estimate of drug-likeness (QED) is 0.279. The Morgan fingerprint density at radius 3 is 1.70 bits per heavy atom. The molecule has 0 saturated carbocycles. The second kappa shape index (κ2) is 13.6. The van der Waals surface area contributed by atoms with Gasteiger partial charge in [-0.2, -0.15) is 0 Å². The van der Waals surface area contributed by atoms with E-state index in [2.05, 4.69) is 0 Å². The summed E-state index contributed by atoms with van der Waals surface area (Å²) >= 11 is 0. The maximum absolute atomic E-state index is 11.1. The molecule has 0 spiro atoms. The molecule has 2 unspecified atom stereocenters. The Bertz CT molecular complexity index is 516. The number of hydrogen-bond donors (Lipinski definition) is 4. The van der Waals surface area contributed by atoms with Crippen LogP contribution in [-0.4, -0.2) is 85.1 Å². The van der Waals surface area contributed by atoms with Crippen molar-refractivity contribution in [3.05, 3.63) is 35.9 Å². The van der Waals surface area contributed by atoms with Gasteiger partial charge in [0, 0.05) is 59.1 Å². The molecule has 1 aromatic rings. The first kappa shape index (κ1) is 34.0. The van der Waals surface area contributed by atoms with Gasteiger partial charge < -0.3 is 39.5 Å². The third-order valence-electron chi connectivity index (χ3n) is 2.63. The van der Waals surface area contributed by atoms with Gasteiger partial charge >= 0.3 is 59.1 Å².